The van der Waals surface area contributed by atoms with Gasteiger partial charge in [0, 0.05) is 18.8 Å². The number of thiazole rings is 1. The van der Waals surface area contributed by atoms with Crippen molar-refractivity contribution in [2.45, 2.75) is 11.8 Å². The molecule has 10 heteroatoms. The highest BCUT2D eigenvalue weighted by atomic mass is 32.2. The molecular formula is C19H19FN4O3S2. The van der Waals surface area contributed by atoms with E-state index < -0.39 is 17.0 Å². The molecule has 2 aromatic carbocycles. The Kier molecular flexibility index (Phi) is 6.57. The van der Waals surface area contributed by atoms with Crippen molar-refractivity contribution in [1.29, 1.82) is 0 Å². The van der Waals surface area contributed by atoms with E-state index in [1.807, 2.05) is 0 Å². The highest BCUT2D eigenvalue weighted by Crippen LogP contribution is 2.31. The summed E-state index contributed by atoms with van der Waals surface area (Å²) in [7, 11) is 1.83. The van der Waals surface area contributed by atoms with Gasteiger partial charge in [-0.3, -0.25) is 10.2 Å². The SMILES string of the molecule is CNS(=O)c1cccc(N(C)C(=O)Nc2ncc(Oc3cc(C)cc(F)c3)s2)c1. The molecule has 0 spiro atoms. The normalized spacial score (nSPS) is 11.7. The van der Waals surface area contributed by atoms with E-state index in [9.17, 15) is 13.4 Å². The Morgan fingerprint density at radius 1 is 1.28 bits per heavy atom. The van der Waals surface area contributed by atoms with Gasteiger partial charge in [-0.15, -0.1) is 0 Å². The van der Waals surface area contributed by atoms with E-state index in [1.54, 1.807) is 51.4 Å². The van der Waals surface area contributed by atoms with E-state index >= 15 is 0 Å². The third-order valence-corrected chi connectivity index (χ3v) is 5.69. The molecule has 29 heavy (non-hydrogen) atoms. The lowest BCUT2D eigenvalue weighted by Gasteiger charge is -2.17. The predicted octanol–water partition coefficient (Wildman–Crippen LogP) is 4.29. The van der Waals surface area contributed by atoms with Crippen molar-refractivity contribution < 1.29 is 18.1 Å². The molecular weight excluding hydrogens is 415 g/mol. The number of halogens is 1. The maximum absolute atomic E-state index is 13.5. The summed E-state index contributed by atoms with van der Waals surface area (Å²) in [5.74, 6) is -0.0309. The Balaban J connectivity index is 1.67. The molecule has 0 fully saturated rings. The minimum absolute atomic E-state index is 0.333. The summed E-state index contributed by atoms with van der Waals surface area (Å²) in [6.45, 7) is 1.77. The lowest BCUT2D eigenvalue weighted by Crippen LogP contribution is -2.31. The fraction of sp³-hybridized carbons (Fsp3) is 0.158. The van der Waals surface area contributed by atoms with Gasteiger partial charge in [0.15, 0.2) is 5.13 Å². The fourth-order valence-corrected chi connectivity index (χ4v) is 3.80. The Morgan fingerprint density at radius 3 is 2.79 bits per heavy atom. The van der Waals surface area contributed by atoms with E-state index in [0.717, 1.165) is 16.9 Å². The molecule has 0 aliphatic heterocycles. The number of hydrogen-bond acceptors (Lipinski definition) is 5. The van der Waals surface area contributed by atoms with Crippen molar-refractivity contribution in [2.75, 3.05) is 24.3 Å². The fourth-order valence-electron chi connectivity index (χ4n) is 2.46. The number of anilines is 2. The van der Waals surface area contributed by atoms with E-state index in [-0.39, 0.29) is 5.82 Å². The van der Waals surface area contributed by atoms with Crippen molar-refractivity contribution in [3.63, 3.8) is 0 Å². The van der Waals surface area contributed by atoms with Crippen molar-refractivity contribution in [1.82, 2.24) is 9.71 Å². The number of aromatic nitrogens is 1. The van der Waals surface area contributed by atoms with Crippen LogP contribution in [0.4, 0.5) is 20.0 Å². The summed E-state index contributed by atoms with van der Waals surface area (Å²) in [6, 6.07) is 10.8. The molecule has 152 valence electrons. The van der Waals surface area contributed by atoms with Gasteiger partial charge in [-0.2, -0.15) is 0 Å². The molecule has 2 amide bonds. The third-order valence-electron chi connectivity index (χ3n) is 3.84. The lowest BCUT2D eigenvalue weighted by molar-refractivity contribution is 0.258. The van der Waals surface area contributed by atoms with Crippen LogP contribution in [0.2, 0.25) is 0 Å². The second-order valence-corrected chi connectivity index (χ2v) is 8.42. The van der Waals surface area contributed by atoms with E-state index in [1.165, 1.54) is 23.2 Å². The number of carbonyl (C=O) groups is 1. The smallest absolute Gasteiger partial charge is 0.327 e. The first-order valence-corrected chi connectivity index (χ1v) is 10.5. The number of benzene rings is 2. The van der Waals surface area contributed by atoms with Crippen molar-refractivity contribution in [3.05, 3.63) is 60.0 Å². The van der Waals surface area contributed by atoms with Crippen molar-refractivity contribution in [3.8, 4) is 10.8 Å². The standard InChI is InChI=1S/C19H19FN4O3S2/c1-12-7-13(20)9-15(8-12)27-17-11-22-18(28-17)23-19(25)24(3)14-5-4-6-16(10-14)29(26)21-2/h4-11,21H,1-3H3,(H,22,23,25). The highest BCUT2D eigenvalue weighted by Gasteiger charge is 2.15. The molecule has 0 saturated heterocycles. The summed E-state index contributed by atoms with van der Waals surface area (Å²) in [4.78, 5) is 18.6. The maximum Gasteiger partial charge on any atom is 0.327 e. The molecule has 1 aromatic heterocycles. The first-order chi connectivity index (χ1) is 13.9. The number of nitrogens with one attached hydrogen (secondary N) is 2. The number of rotatable bonds is 6. The van der Waals surface area contributed by atoms with Gasteiger partial charge < -0.3 is 4.74 Å². The molecule has 2 N–H and O–H groups in total. The van der Waals surface area contributed by atoms with Gasteiger partial charge in [0.2, 0.25) is 5.06 Å². The molecule has 0 aliphatic rings. The average molecular weight is 435 g/mol. The van der Waals surface area contributed by atoms with Crippen LogP contribution in [-0.4, -0.2) is 29.3 Å². The van der Waals surface area contributed by atoms with Crippen LogP contribution in [0.1, 0.15) is 5.56 Å². The van der Waals surface area contributed by atoms with Gasteiger partial charge >= 0.3 is 6.03 Å². The van der Waals surface area contributed by atoms with Crippen molar-refractivity contribution in [2.24, 2.45) is 0 Å². The van der Waals surface area contributed by atoms with Gasteiger partial charge in [0.1, 0.15) is 22.6 Å². The topological polar surface area (TPSA) is 83.6 Å². The zero-order valence-electron chi connectivity index (χ0n) is 15.9. The van der Waals surface area contributed by atoms with Crippen LogP contribution in [0.15, 0.2) is 53.6 Å². The number of hydrogen-bond donors (Lipinski definition) is 2. The number of ether oxygens (including phenoxy) is 1. The van der Waals surface area contributed by atoms with Gasteiger partial charge in [0.25, 0.3) is 0 Å². The molecule has 0 radical (unpaired) electrons. The first kappa shape index (κ1) is 20.9. The lowest BCUT2D eigenvalue weighted by atomic mass is 10.2. The van der Waals surface area contributed by atoms with Gasteiger partial charge in [-0.25, -0.2) is 23.1 Å². The Morgan fingerprint density at radius 2 is 2.07 bits per heavy atom. The molecule has 0 saturated carbocycles. The quantitative estimate of drug-likeness (QED) is 0.606. The van der Waals surface area contributed by atoms with E-state index in [0.29, 0.717) is 26.5 Å². The van der Waals surface area contributed by atoms with Crippen LogP contribution in [0.25, 0.3) is 0 Å². The molecule has 0 aliphatic carbocycles. The van der Waals surface area contributed by atoms with Crippen LogP contribution >= 0.6 is 11.3 Å². The minimum atomic E-state index is -1.35. The zero-order chi connectivity index (χ0) is 21.0. The summed E-state index contributed by atoms with van der Waals surface area (Å²) in [5.41, 5.74) is 1.31. The maximum atomic E-state index is 13.5. The largest absolute Gasteiger partial charge is 0.445 e. The number of urea groups is 1. The van der Waals surface area contributed by atoms with Crippen LogP contribution in [0.5, 0.6) is 10.8 Å². The van der Waals surface area contributed by atoms with E-state index in [2.05, 4.69) is 15.0 Å². The van der Waals surface area contributed by atoms with Gasteiger partial charge in [-0.05, 0) is 49.9 Å². The average Bonchev–Trinajstić information content (AvgIpc) is 3.12. The predicted molar refractivity (Wildman–Crippen MR) is 113 cm³/mol. The molecule has 3 rings (SSSR count). The molecule has 3 aromatic rings. The molecule has 7 nitrogen and oxygen atoms in total. The van der Waals surface area contributed by atoms with Crippen LogP contribution in [-0.2, 0) is 11.0 Å². The van der Waals surface area contributed by atoms with Crippen molar-refractivity contribution >= 4 is 39.2 Å². The van der Waals surface area contributed by atoms with Gasteiger partial charge in [-0.1, -0.05) is 17.4 Å². The monoisotopic (exact) mass is 434 g/mol. The Hall–Kier alpha value is -2.82. The van der Waals surface area contributed by atoms with Gasteiger partial charge in [0.05, 0.1) is 11.1 Å². The number of nitrogens with zero attached hydrogens (tertiary/aromatic N) is 2. The molecule has 1 atom stereocenters. The minimum Gasteiger partial charge on any atom is -0.445 e. The number of aryl methyl sites for hydroxylation is 1. The number of amides is 2. The molecule has 1 heterocycles. The summed E-state index contributed by atoms with van der Waals surface area (Å²) < 4.78 is 33.6. The first-order valence-electron chi connectivity index (χ1n) is 8.50. The molecule has 0 bridgehead atoms. The zero-order valence-corrected chi connectivity index (χ0v) is 17.6. The van der Waals surface area contributed by atoms with Crippen LogP contribution in [0.3, 0.4) is 0 Å². The summed E-state index contributed by atoms with van der Waals surface area (Å²) >= 11 is 1.12. The second kappa shape index (κ2) is 9.12. The molecule has 1 unspecified atom stereocenters. The van der Waals surface area contributed by atoms with E-state index in [4.69, 9.17) is 4.74 Å². The highest BCUT2D eigenvalue weighted by molar-refractivity contribution is 7.83. The summed E-state index contributed by atoms with van der Waals surface area (Å²) in [5, 5.41) is 3.43. The summed E-state index contributed by atoms with van der Waals surface area (Å²) in [6.07, 6.45) is 1.46. The third kappa shape index (κ3) is 5.37. The Bertz CT molecular complexity index is 1040. The van der Waals surface area contributed by atoms with Crippen LogP contribution in [0, 0.1) is 12.7 Å². The van der Waals surface area contributed by atoms with Crippen LogP contribution < -0.4 is 19.7 Å². The number of carbonyl (C=O) groups excluding carboxylic acids is 1. The second-order valence-electron chi connectivity index (χ2n) is 6.01. The Labute approximate surface area is 174 Å².